The lowest BCUT2D eigenvalue weighted by Crippen LogP contribution is -2.23. The van der Waals surface area contributed by atoms with Crippen molar-refractivity contribution in [1.82, 2.24) is 5.32 Å². The average Bonchev–Trinajstić information content (AvgIpc) is 2.66. The molecule has 0 aliphatic rings. The summed E-state index contributed by atoms with van der Waals surface area (Å²) in [5.41, 5.74) is 3.24. The number of ether oxygens (including phenoxy) is 2. The summed E-state index contributed by atoms with van der Waals surface area (Å²) in [6.07, 6.45) is -0.181. The van der Waals surface area contributed by atoms with Crippen molar-refractivity contribution in [2.75, 3.05) is 13.2 Å². The van der Waals surface area contributed by atoms with Gasteiger partial charge in [0.1, 0.15) is 24.7 Å². The molecule has 0 atom stereocenters. The van der Waals surface area contributed by atoms with Crippen LogP contribution in [-0.4, -0.2) is 30.2 Å². The van der Waals surface area contributed by atoms with Gasteiger partial charge >= 0.3 is 5.97 Å². The summed E-state index contributed by atoms with van der Waals surface area (Å²) in [5, 5.41) is 11.2. The molecular weight excluding hydrogens is 346 g/mol. The number of carbonyl (C=O) groups is 2. The summed E-state index contributed by atoms with van der Waals surface area (Å²) >= 11 is 0. The maximum atomic E-state index is 11.5. The maximum absolute atomic E-state index is 11.5. The van der Waals surface area contributed by atoms with Crippen LogP contribution in [0.25, 0.3) is 0 Å². The molecule has 1 amide bonds. The number of rotatable bonds is 10. The van der Waals surface area contributed by atoms with Crippen LogP contribution >= 0.6 is 0 Å². The van der Waals surface area contributed by atoms with Crippen molar-refractivity contribution in [2.24, 2.45) is 0 Å². The van der Waals surface area contributed by atoms with Gasteiger partial charge in [-0.25, -0.2) is 0 Å². The number of hydrogen-bond donors (Lipinski definition) is 2. The highest BCUT2D eigenvalue weighted by atomic mass is 16.5. The zero-order chi connectivity index (χ0) is 19.6. The van der Waals surface area contributed by atoms with Crippen LogP contribution in [0.5, 0.6) is 11.5 Å². The molecule has 2 N–H and O–H groups in total. The zero-order valence-corrected chi connectivity index (χ0v) is 15.7. The Morgan fingerprint density at radius 3 is 2.37 bits per heavy atom. The number of aliphatic carboxylic acids is 1. The second-order valence-corrected chi connectivity index (χ2v) is 6.21. The molecule has 0 fully saturated rings. The summed E-state index contributed by atoms with van der Waals surface area (Å²) in [6.45, 7) is 5.32. The smallest absolute Gasteiger partial charge is 0.303 e. The standard InChI is InChI=1S/C21H25NO5/c1-15-4-3-5-19(16(15)2)27-13-12-26-18-8-6-17(7-9-18)14-22-20(23)10-11-21(24)25/h3-9H,10-14H2,1-2H3,(H,22,23)(H,24,25). The fourth-order valence-electron chi connectivity index (χ4n) is 2.40. The van der Waals surface area contributed by atoms with Crippen LogP contribution in [-0.2, 0) is 16.1 Å². The van der Waals surface area contributed by atoms with Gasteiger partial charge in [0, 0.05) is 13.0 Å². The van der Waals surface area contributed by atoms with Crippen LogP contribution in [0.1, 0.15) is 29.5 Å². The minimum Gasteiger partial charge on any atom is -0.490 e. The summed E-state index contributed by atoms with van der Waals surface area (Å²) in [6, 6.07) is 13.3. The Hall–Kier alpha value is -3.02. The molecule has 0 unspecified atom stereocenters. The molecule has 0 saturated heterocycles. The quantitative estimate of drug-likeness (QED) is 0.626. The molecule has 0 bridgehead atoms. The number of benzene rings is 2. The largest absolute Gasteiger partial charge is 0.490 e. The topological polar surface area (TPSA) is 84.9 Å². The van der Waals surface area contributed by atoms with E-state index in [9.17, 15) is 9.59 Å². The Labute approximate surface area is 159 Å². The first-order valence-electron chi connectivity index (χ1n) is 8.85. The molecule has 0 spiro atoms. The number of nitrogens with one attached hydrogen (secondary N) is 1. The lowest BCUT2D eigenvalue weighted by atomic mass is 10.1. The molecular formula is C21H25NO5. The molecule has 0 radical (unpaired) electrons. The third-order valence-corrected chi connectivity index (χ3v) is 4.14. The number of aryl methyl sites for hydroxylation is 1. The van der Waals surface area contributed by atoms with Crippen LogP contribution < -0.4 is 14.8 Å². The minimum atomic E-state index is -0.979. The lowest BCUT2D eigenvalue weighted by Gasteiger charge is -2.12. The average molecular weight is 371 g/mol. The van der Waals surface area contributed by atoms with Crippen LogP contribution in [0.4, 0.5) is 0 Å². The van der Waals surface area contributed by atoms with Crippen LogP contribution in [0.15, 0.2) is 42.5 Å². The summed E-state index contributed by atoms with van der Waals surface area (Å²) in [4.78, 5) is 21.9. The van der Waals surface area contributed by atoms with Crippen molar-refractivity contribution in [2.45, 2.75) is 33.2 Å². The Morgan fingerprint density at radius 1 is 0.963 bits per heavy atom. The summed E-state index contributed by atoms with van der Waals surface area (Å²) in [5.74, 6) is 0.336. The highest BCUT2D eigenvalue weighted by Crippen LogP contribution is 2.20. The predicted octanol–water partition coefficient (Wildman–Crippen LogP) is 3.24. The van der Waals surface area contributed by atoms with E-state index < -0.39 is 5.97 Å². The Balaban J connectivity index is 1.70. The van der Waals surface area contributed by atoms with Crippen LogP contribution in [0.3, 0.4) is 0 Å². The van der Waals surface area contributed by atoms with E-state index in [1.165, 1.54) is 5.56 Å². The first kappa shape index (κ1) is 20.3. The monoisotopic (exact) mass is 371 g/mol. The molecule has 6 heteroatoms. The predicted molar refractivity (Wildman–Crippen MR) is 102 cm³/mol. The van der Waals surface area contributed by atoms with Crippen molar-refractivity contribution in [3.63, 3.8) is 0 Å². The van der Waals surface area contributed by atoms with E-state index in [2.05, 4.69) is 18.3 Å². The number of hydrogen-bond acceptors (Lipinski definition) is 4. The molecule has 0 heterocycles. The SMILES string of the molecule is Cc1cccc(OCCOc2ccc(CNC(=O)CCC(=O)O)cc2)c1C. The molecule has 0 aliphatic heterocycles. The molecule has 0 saturated carbocycles. The molecule has 0 aliphatic carbocycles. The third-order valence-electron chi connectivity index (χ3n) is 4.14. The molecule has 0 aromatic heterocycles. The number of carbonyl (C=O) groups excluding carboxylic acids is 1. The zero-order valence-electron chi connectivity index (χ0n) is 15.7. The highest BCUT2D eigenvalue weighted by Gasteiger charge is 2.05. The molecule has 2 aromatic carbocycles. The Morgan fingerprint density at radius 2 is 1.67 bits per heavy atom. The van der Waals surface area contributed by atoms with Gasteiger partial charge in [-0.3, -0.25) is 9.59 Å². The second-order valence-electron chi connectivity index (χ2n) is 6.21. The van der Waals surface area contributed by atoms with Gasteiger partial charge in [0.2, 0.25) is 5.91 Å². The van der Waals surface area contributed by atoms with Crippen molar-refractivity contribution in [1.29, 1.82) is 0 Å². The van der Waals surface area contributed by atoms with Gasteiger partial charge in [-0.15, -0.1) is 0 Å². The highest BCUT2D eigenvalue weighted by molar-refractivity contribution is 5.80. The number of amides is 1. The third kappa shape index (κ3) is 7.01. The van der Waals surface area contributed by atoms with E-state index in [-0.39, 0.29) is 18.7 Å². The van der Waals surface area contributed by atoms with Gasteiger partial charge in [-0.1, -0.05) is 24.3 Å². The van der Waals surface area contributed by atoms with Gasteiger partial charge in [0.15, 0.2) is 0 Å². The number of carboxylic acid groups (broad SMARTS) is 1. The van der Waals surface area contributed by atoms with E-state index in [1.54, 1.807) is 0 Å². The summed E-state index contributed by atoms with van der Waals surface area (Å²) in [7, 11) is 0. The normalized spacial score (nSPS) is 10.3. The van der Waals surface area contributed by atoms with Crippen LogP contribution in [0.2, 0.25) is 0 Å². The van der Waals surface area contributed by atoms with E-state index in [0.29, 0.717) is 19.8 Å². The second kappa shape index (κ2) is 10.2. The fraction of sp³-hybridized carbons (Fsp3) is 0.333. The van der Waals surface area contributed by atoms with Gasteiger partial charge < -0.3 is 19.9 Å². The molecule has 6 nitrogen and oxygen atoms in total. The van der Waals surface area contributed by atoms with E-state index in [1.807, 2.05) is 43.3 Å². The van der Waals surface area contributed by atoms with Crippen molar-refractivity contribution in [3.05, 3.63) is 59.2 Å². The Kier molecular flexibility index (Phi) is 7.67. The van der Waals surface area contributed by atoms with E-state index >= 15 is 0 Å². The van der Waals surface area contributed by atoms with Crippen molar-refractivity contribution in [3.8, 4) is 11.5 Å². The molecule has 2 rings (SSSR count). The van der Waals surface area contributed by atoms with Gasteiger partial charge in [-0.05, 0) is 48.7 Å². The van der Waals surface area contributed by atoms with Crippen LogP contribution in [0, 0.1) is 13.8 Å². The lowest BCUT2D eigenvalue weighted by molar-refractivity contribution is -0.138. The fourth-order valence-corrected chi connectivity index (χ4v) is 2.40. The summed E-state index contributed by atoms with van der Waals surface area (Å²) < 4.78 is 11.4. The van der Waals surface area contributed by atoms with Crippen molar-refractivity contribution < 1.29 is 24.2 Å². The van der Waals surface area contributed by atoms with Gasteiger partial charge in [0.05, 0.1) is 6.42 Å². The maximum Gasteiger partial charge on any atom is 0.303 e. The van der Waals surface area contributed by atoms with E-state index in [4.69, 9.17) is 14.6 Å². The van der Waals surface area contributed by atoms with E-state index in [0.717, 1.165) is 22.6 Å². The molecule has 2 aromatic rings. The number of carboxylic acids is 1. The first-order valence-corrected chi connectivity index (χ1v) is 8.85. The molecule has 27 heavy (non-hydrogen) atoms. The van der Waals surface area contributed by atoms with Gasteiger partial charge in [0.25, 0.3) is 0 Å². The minimum absolute atomic E-state index is 0.0169. The van der Waals surface area contributed by atoms with Gasteiger partial charge in [-0.2, -0.15) is 0 Å². The first-order chi connectivity index (χ1) is 13.0. The Bertz CT molecular complexity index is 771. The van der Waals surface area contributed by atoms with Crippen molar-refractivity contribution >= 4 is 11.9 Å². The molecule has 144 valence electrons.